The van der Waals surface area contributed by atoms with Crippen molar-refractivity contribution in [3.05, 3.63) is 25.3 Å². The summed E-state index contributed by atoms with van der Waals surface area (Å²) < 4.78 is 0. The number of amides is 2. The Balaban J connectivity index is 3.70. The fourth-order valence-corrected chi connectivity index (χ4v) is 3.57. The first-order chi connectivity index (χ1) is 15.6. The summed E-state index contributed by atoms with van der Waals surface area (Å²) in [5, 5.41) is 15.3. The Hall–Kier alpha value is -1.66. The molecule has 32 heavy (non-hydrogen) atoms. The molecule has 0 aromatic rings. The van der Waals surface area contributed by atoms with Crippen LogP contribution in [0.4, 0.5) is 0 Å². The molecule has 0 aliphatic heterocycles. The number of carbonyl (C=O) groups excluding carboxylic acids is 2. The van der Waals surface area contributed by atoms with E-state index in [2.05, 4.69) is 28.7 Å². The minimum Gasteiger partial charge on any atom is -0.395 e. The van der Waals surface area contributed by atoms with Gasteiger partial charge in [-0.25, -0.2) is 0 Å². The molecule has 0 rings (SSSR count). The SMILES string of the molecule is C=CCCCCCCC(=O)NCCCN(CCO)CCCNC(=O)CCCCCCC=C. The first kappa shape index (κ1) is 30.3. The maximum Gasteiger partial charge on any atom is 0.219 e. The smallest absolute Gasteiger partial charge is 0.219 e. The molecule has 0 radical (unpaired) electrons. The fraction of sp³-hybridized carbons (Fsp3) is 0.769. The van der Waals surface area contributed by atoms with E-state index >= 15 is 0 Å². The summed E-state index contributed by atoms with van der Waals surface area (Å²) in [6, 6.07) is 0. The van der Waals surface area contributed by atoms with Gasteiger partial charge in [-0.15, -0.1) is 13.2 Å². The predicted octanol–water partition coefficient (Wildman–Crippen LogP) is 4.35. The predicted molar refractivity (Wildman–Crippen MR) is 135 cm³/mol. The third kappa shape index (κ3) is 21.6. The van der Waals surface area contributed by atoms with Gasteiger partial charge in [-0.2, -0.15) is 0 Å². The summed E-state index contributed by atoms with van der Waals surface area (Å²) >= 11 is 0. The van der Waals surface area contributed by atoms with E-state index in [1.54, 1.807) is 0 Å². The van der Waals surface area contributed by atoms with E-state index in [1.807, 2.05) is 12.2 Å². The largest absolute Gasteiger partial charge is 0.395 e. The van der Waals surface area contributed by atoms with E-state index < -0.39 is 0 Å². The van der Waals surface area contributed by atoms with E-state index in [0.29, 0.717) is 32.5 Å². The van der Waals surface area contributed by atoms with E-state index in [4.69, 9.17) is 0 Å². The molecule has 6 nitrogen and oxygen atoms in total. The van der Waals surface area contributed by atoms with Crippen LogP contribution in [0.5, 0.6) is 0 Å². The topological polar surface area (TPSA) is 81.7 Å². The highest BCUT2D eigenvalue weighted by molar-refractivity contribution is 5.76. The summed E-state index contributed by atoms with van der Waals surface area (Å²) in [4.78, 5) is 26.0. The zero-order valence-electron chi connectivity index (χ0n) is 20.4. The van der Waals surface area contributed by atoms with Gasteiger partial charge in [0.25, 0.3) is 0 Å². The second-order valence-electron chi connectivity index (χ2n) is 8.46. The average Bonchev–Trinajstić information content (AvgIpc) is 2.78. The molecule has 0 heterocycles. The monoisotopic (exact) mass is 451 g/mol. The minimum atomic E-state index is 0.121. The number of unbranched alkanes of at least 4 members (excludes halogenated alkanes) is 8. The first-order valence-corrected chi connectivity index (χ1v) is 12.7. The summed E-state index contributed by atoms with van der Waals surface area (Å²) in [7, 11) is 0. The van der Waals surface area contributed by atoms with Crippen molar-refractivity contribution >= 4 is 11.8 Å². The van der Waals surface area contributed by atoms with Crippen LogP contribution < -0.4 is 10.6 Å². The number of carbonyl (C=O) groups is 2. The molecule has 0 atom stereocenters. The molecule has 0 spiro atoms. The van der Waals surface area contributed by atoms with Gasteiger partial charge in [-0.1, -0.05) is 37.8 Å². The molecule has 0 saturated heterocycles. The molecular weight excluding hydrogens is 402 g/mol. The van der Waals surface area contributed by atoms with Gasteiger partial charge in [0.05, 0.1) is 6.61 Å². The van der Waals surface area contributed by atoms with E-state index in [1.165, 1.54) is 0 Å². The molecule has 0 fully saturated rings. The normalized spacial score (nSPS) is 10.8. The van der Waals surface area contributed by atoms with E-state index in [-0.39, 0.29) is 18.4 Å². The van der Waals surface area contributed by atoms with Crippen LogP contribution in [0.3, 0.4) is 0 Å². The van der Waals surface area contributed by atoms with Gasteiger partial charge < -0.3 is 20.6 Å². The number of nitrogens with one attached hydrogen (secondary N) is 2. The number of rotatable bonds is 24. The van der Waals surface area contributed by atoms with Crippen LogP contribution in [-0.2, 0) is 9.59 Å². The lowest BCUT2D eigenvalue weighted by Crippen LogP contribution is -2.34. The molecule has 6 heteroatoms. The third-order valence-corrected chi connectivity index (χ3v) is 5.49. The van der Waals surface area contributed by atoms with Gasteiger partial charge in [0.2, 0.25) is 11.8 Å². The summed E-state index contributed by atoms with van der Waals surface area (Å²) in [5.74, 6) is 0.261. The van der Waals surface area contributed by atoms with Gasteiger partial charge in [0.15, 0.2) is 0 Å². The van der Waals surface area contributed by atoms with Crippen molar-refractivity contribution in [2.75, 3.05) is 39.3 Å². The second kappa shape index (κ2) is 24.0. The van der Waals surface area contributed by atoms with Crippen molar-refractivity contribution in [3.63, 3.8) is 0 Å². The maximum atomic E-state index is 11.9. The van der Waals surface area contributed by atoms with E-state index in [9.17, 15) is 14.7 Å². The first-order valence-electron chi connectivity index (χ1n) is 12.7. The van der Waals surface area contributed by atoms with Crippen LogP contribution in [0.15, 0.2) is 25.3 Å². The maximum absolute atomic E-state index is 11.9. The van der Waals surface area contributed by atoms with Gasteiger partial charge in [0.1, 0.15) is 0 Å². The molecule has 186 valence electrons. The van der Waals surface area contributed by atoms with E-state index in [0.717, 1.165) is 90.1 Å². The molecule has 0 aliphatic carbocycles. The van der Waals surface area contributed by atoms with Crippen LogP contribution in [0.2, 0.25) is 0 Å². The molecule has 0 bridgehead atoms. The Bertz CT molecular complexity index is 443. The second-order valence-corrected chi connectivity index (χ2v) is 8.46. The fourth-order valence-electron chi connectivity index (χ4n) is 3.57. The zero-order chi connectivity index (χ0) is 23.7. The summed E-state index contributed by atoms with van der Waals surface area (Å²) in [6.45, 7) is 11.2. The van der Waals surface area contributed by atoms with Gasteiger partial charge in [0, 0.05) is 32.5 Å². The molecule has 2 amide bonds. The highest BCUT2D eigenvalue weighted by atomic mass is 16.3. The third-order valence-electron chi connectivity index (χ3n) is 5.49. The van der Waals surface area contributed by atoms with Crippen molar-refractivity contribution in [3.8, 4) is 0 Å². The number of aliphatic hydroxyl groups is 1. The molecule has 0 aromatic heterocycles. The van der Waals surface area contributed by atoms with Crippen LogP contribution >= 0.6 is 0 Å². The van der Waals surface area contributed by atoms with Crippen LogP contribution in [0, 0.1) is 0 Å². The van der Waals surface area contributed by atoms with Crippen molar-refractivity contribution in [2.45, 2.75) is 89.9 Å². The summed E-state index contributed by atoms with van der Waals surface area (Å²) in [5.41, 5.74) is 0. The van der Waals surface area contributed by atoms with Crippen molar-refractivity contribution < 1.29 is 14.7 Å². The highest BCUT2D eigenvalue weighted by Gasteiger charge is 2.06. The number of hydrogen-bond acceptors (Lipinski definition) is 4. The minimum absolute atomic E-state index is 0.121. The van der Waals surface area contributed by atoms with Crippen molar-refractivity contribution in [2.24, 2.45) is 0 Å². The average molecular weight is 452 g/mol. The van der Waals surface area contributed by atoms with Crippen LogP contribution in [0.25, 0.3) is 0 Å². The van der Waals surface area contributed by atoms with Gasteiger partial charge in [-0.3, -0.25) is 9.59 Å². The number of allylic oxidation sites excluding steroid dienone is 2. The van der Waals surface area contributed by atoms with Crippen LogP contribution in [0.1, 0.15) is 89.9 Å². The lowest BCUT2D eigenvalue weighted by atomic mass is 10.1. The molecule has 3 N–H and O–H groups in total. The Morgan fingerprint density at radius 1 is 0.656 bits per heavy atom. The van der Waals surface area contributed by atoms with Crippen LogP contribution in [-0.4, -0.2) is 61.2 Å². The Kier molecular flexibility index (Phi) is 22.7. The lowest BCUT2D eigenvalue weighted by molar-refractivity contribution is -0.122. The quantitative estimate of drug-likeness (QED) is 0.151. The Labute approximate surface area is 196 Å². The molecule has 0 saturated carbocycles. The Morgan fingerprint density at radius 3 is 1.50 bits per heavy atom. The molecule has 0 aliphatic rings. The Morgan fingerprint density at radius 2 is 1.09 bits per heavy atom. The van der Waals surface area contributed by atoms with Gasteiger partial charge >= 0.3 is 0 Å². The highest BCUT2D eigenvalue weighted by Crippen LogP contribution is 2.06. The molecular formula is C26H49N3O3. The summed E-state index contributed by atoms with van der Waals surface area (Å²) in [6.07, 6.45) is 17.6. The number of nitrogens with zero attached hydrogens (tertiary/aromatic N) is 1. The zero-order valence-corrected chi connectivity index (χ0v) is 20.4. The lowest BCUT2D eigenvalue weighted by Gasteiger charge is -2.21. The number of aliphatic hydroxyl groups excluding tert-OH is 1. The molecule has 0 unspecified atom stereocenters. The van der Waals surface area contributed by atoms with Crippen molar-refractivity contribution in [1.82, 2.24) is 15.5 Å². The van der Waals surface area contributed by atoms with Crippen molar-refractivity contribution in [1.29, 1.82) is 0 Å². The van der Waals surface area contributed by atoms with Gasteiger partial charge in [-0.05, 0) is 64.5 Å². The molecule has 0 aromatic carbocycles. The standard InChI is InChI=1S/C26H49N3O3/c1-3-5-7-9-11-13-17-25(31)27-19-15-21-29(23-24-30)22-16-20-28-26(32)18-14-12-10-8-6-4-2/h3-4,30H,1-2,5-24H2,(H,27,31)(H,28,32). The number of hydrogen-bond donors (Lipinski definition) is 3.